The zero-order chi connectivity index (χ0) is 10.7. The molecule has 0 radical (unpaired) electrons. The van der Waals surface area contributed by atoms with Crippen molar-refractivity contribution in [2.75, 3.05) is 18.0 Å². The van der Waals surface area contributed by atoms with Crippen LogP contribution < -0.4 is 10.6 Å². The predicted octanol–water partition coefficient (Wildman–Crippen LogP) is 2.27. The number of nitrogens with two attached hydrogens (primary N) is 1. The first-order chi connectivity index (χ1) is 7.33. The van der Waals surface area contributed by atoms with Crippen molar-refractivity contribution in [3.05, 3.63) is 29.6 Å². The second-order valence-corrected chi connectivity index (χ2v) is 4.00. The first-order valence-corrected chi connectivity index (χ1v) is 5.55. The standard InChI is InChI=1S/C12H17FN2/c13-11-6-4-5-10(9-14)12(11)15-7-2-1-3-8-15/h4-6H,1-3,7-9,14H2. The van der Waals surface area contributed by atoms with E-state index in [1.807, 2.05) is 6.07 Å². The van der Waals surface area contributed by atoms with E-state index in [-0.39, 0.29) is 5.82 Å². The molecule has 1 aromatic rings. The summed E-state index contributed by atoms with van der Waals surface area (Å²) in [5, 5.41) is 0. The lowest BCUT2D eigenvalue weighted by Crippen LogP contribution is -2.31. The molecule has 1 fully saturated rings. The molecule has 0 amide bonds. The van der Waals surface area contributed by atoms with Crippen molar-refractivity contribution in [1.82, 2.24) is 0 Å². The van der Waals surface area contributed by atoms with Gasteiger partial charge in [-0.3, -0.25) is 0 Å². The number of hydrogen-bond donors (Lipinski definition) is 1. The second kappa shape index (κ2) is 4.62. The lowest BCUT2D eigenvalue weighted by Gasteiger charge is -2.30. The average molecular weight is 208 g/mol. The third kappa shape index (κ3) is 2.12. The van der Waals surface area contributed by atoms with Crippen molar-refractivity contribution in [2.45, 2.75) is 25.8 Å². The Labute approximate surface area is 89.9 Å². The van der Waals surface area contributed by atoms with Crippen molar-refractivity contribution < 1.29 is 4.39 Å². The summed E-state index contributed by atoms with van der Waals surface area (Å²) in [5.74, 6) is -0.139. The van der Waals surface area contributed by atoms with E-state index in [4.69, 9.17) is 5.73 Å². The zero-order valence-electron chi connectivity index (χ0n) is 8.88. The molecular weight excluding hydrogens is 191 g/mol. The zero-order valence-corrected chi connectivity index (χ0v) is 8.88. The Balaban J connectivity index is 2.31. The van der Waals surface area contributed by atoms with Crippen LogP contribution in [0.25, 0.3) is 0 Å². The number of anilines is 1. The van der Waals surface area contributed by atoms with Gasteiger partial charge in [-0.1, -0.05) is 12.1 Å². The summed E-state index contributed by atoms with van der Waals surface area (Å²) in [4.78, 5) is 2.13. The van der Waals surface area contributed by atoms with Gasteiger partial charge in [0.1, 0.15) is 5.82 Å². The monoisotopic (exact) mass is 208 g/mol. The highest BCUT2D eigenvalue weighted by molar-refractivity contribution is 5.55. The molecule has 15 heavy (non-hydrogen) atoms. The minimum absolute atomic E-state index is 0.139. The fourth-order valence-corrected chi connectivity index (χ4v) is 2.20. The Morgan fingerprint density at radius 3 is 2.60 bits per heavy atom. The van der Waals surface area contributed by atoms with Gasteiger partial charge in [0.25, 0.3) is 0 Å². The van der Waals surface area contributed by atoms with Crippen LogP contribution in [0.4, 0.5) is 10.1 Å². The molecule has 0 unspecified atom stereocenters. The smallest absolute Gasteiger partial charge is 0.146 e. The molecule has 1 aliphatic heterocycles. The molecule has 1 aromatic carbocycles. The highest BCUT2D eigenvalue weighted by atomic mass is 19.1. The van der Waals surface area contributed by atoms with Crippen LogP contribution in [0.15, 0.2) is 18.2 Å². The van der Waals surface area contributed by atoms with Crippen LogP contribution >= 0.6 is 0 Å². The molecule has 0 spiro atoms. The van der Waals surface area contributed by atoms with Crippen molar-refractivity contribution in [3.63, 3.8) is 0 Å². The van der Waals surface area contributed by atoms with Crippen LogP contribution in [-0.2, 0) is 6.54 Å². The van der Waals surface area contributed by atoms with E-state index in [2.05, 4.69) is 4.90 Å². The molecular formula is C12H17FN2. The number of halogens is 1. The van der Waals surface area contributed by atoms with Gasteiger partial charge in [0, 0.05) is 19.6 Å². The first-order valence-electron chi connectivity index (χ1n) is 5.55. The van der Waals surface area contributed by atoms with Gasteiger partial charge in [0.05, 0.1) is 5.69 Å². The maximum atomic E-state index is 13.7. The van der Waals surface area contributed by atoms with E-state index < -0.39 is 0 Å². The molecule has 2 N–H and O–H groups in total. The van der Waals surface area contributed by atoms with Crippen LogP contribution in [0.1, 0.15) is 24.8 Å². The number of rotatable bonds is 2. The summed E-state index contributed by atoms with van der Waals surface area (Å²) in [6.07, 6.45) is 3.56. The quantitative estimate of drug-likeness (QED) is 0.808. The number of para-hydroxylation sites is 1. The number of hydrogen-bond acceptors (Lipinski definition) is 2. The van der Waals surface area contributed by atoms with Gasteiger partial charge in [-0.25, -0.2) is 4.39 Å². The third-order valence-electron chi connectivity index (χ3n) is 2.96. The lowest BCUT2D eigenvalue weighted by molar-refractivity contribution is 0.554. The Bertz CT molecular complexity index is 332. The second-order valence-electron chi connectivity index (χ2n) is 4.00. The first kappa shape index (κ1) is 10.4. The van der Waals surface area contributed by atoms with E-state index >= 15 is 0 Å². The van der Waals surface area contributed by atoms with Gasteiger partial charge in [-0.2, -0.15) is 0 Å². The molecule has 2 rings (SSSR count). The highest BCUT2D eigenvalue weighted by Crippen LogP contribution is 2.26. The lowest BCUT2D eigenvalue weighted by atomic mass is 10.1. The maximum absolute atomic E-state index is 13.7. The van der Waals surface area contributed by atoms with Crippen molar-refractivity contribution in [3.8, 4) is 0 Å². The molecule has 1 aliphatic rings. The van der Waals surface area contributed by atoms with Gasteiger partial charge < -0.3 is 10.6 Å². The normalized spacial score (nSPS) is 16.8. The molecule has 0 aromatic heterocycles. The summed E-state index contributed by atoms with van der Waals surface area (Å²) < 4.78 is 13.7. The Kier molecular flexibility index (Phi) is 3.21. The summed E-state index contributed by atoms with van der Waals surface area (Å²) in [7, 11) is 0. The third-order valence-corrected chi connectivity index (χ3v) is 2.96. The van der Waals surface area contributed by atoms with Gasteiger partial charge in [0.15, 0.2) is 0 Å². The number of piperidine rings is 1. The van der Waals surface area contributed by atoms with E-state index in [1.165, 1.54) is 12.5 Å². The topological polar surface area (TPSA) is 29.3 Å². The molecule has 0 bridgehead atoms. The van der Waals surface area contributed by atoms with E-state index in [1.54, 1.807) is 6.07 Å². The average Bonchev–Trinajstić information content (AvgIpc) is 2.29. The number of benzene rings is 1. The Hall–Kier alpha value is -1.09. The van der Waals surface area contributed by atoms with Crippen LogP contribution in [0, 0.1) is 5.82 Å². The maximum Gasteiger partial charge on any atom is 0.146 e. The fraction of sp³-hybridized carbons (Fsp3) is 0.500. The minimum Gasteiger partial charge on any atom is -0.369 e. The summed E-state index contributed by atoms with van der Waals surface area (Å²) >= 11 is 0. The van der Waals surface area contributed by atoms with E-state index in [0.29, 0.717) is 6.54 Å². The van der Waals surface area contributed by atoms with Gasteiger partial charge in [-0.15, -0.1) is 0 Å². The fourth-order valence-electron chi connectivity index (χ4n) is 2.20. The van der Waals surface area contributed by atoms with Crippen molar-refractivity contribution >= 4 is 5.69 Å². The van der Waals surface area contributed by atoms with Crippen LogP contribution in [-0.4, -0.2) is 13.1 Å². The molecule has 0 atom stereocenters. The van der Waals surface area contributed by atoms with E-state index in [0.717, 1.165) is 37.2 Å². The number of nitrogens with zero attached hydrogens (tertiary/aromatic N) is 1. The van der Waals surface area contributed by atoms with Gasteiger partial charge >= 0.3 is 0 Å². The molecule has 1 heterocycles. The highest BCUT2D eigenvalue weighted by Gasteiger charge is 2.17. The molecule has 3 heteroatoms. The SMILES string of the molecule is NCc1cccc(F)c1N1CCCCC1. The molecule has 1 saturated heterocycles. The van der Waals surface area contributed by atoms with Gasteiger partial charge in [0.2, 0.25) is 0 Å². The van der Waals surface area contributed by atoms with Crippen LogP contribution in [0.2, 0.25) is 0 Å². The summed E-state index contributed by atoms with van der Waals surface area (Å²) in [6, 6.07) is 5.15. The molecule has 0 aliphatic carbocycles. The largest absolute Gasteiger partial charge is 0.369 e. The predicted molar refractivity (Wildman–Crippen MR) is 60.4 cm³/mol. The van der Waals surface area contributed by atoms with Crippen molar-refractivity contribution in [2.24, 2.45) is 5.73 Å². The Morgan fingerprint density at radius 2 is 1.93 bits per heavy atom. The molecule has 2 nitrogen and oxygen atoms in total. The van der Waals surface area contributed by atoms with Crippen LogP contribution in [0.3, 0.4) is 0 Å². The summed E-state index contributed by atoms with van der Waals surface area (Å²) in [5.41, 5.74) is 7.27. The van der Waals surface area contributed by atoms with E-state index in [9.17, 15) is 4.39 Å². The van der Waals surface area contributed by atoms with Crippen LogP contribution in [0.5, 0.6) is 0 Å². The molecule has 82 valence electrons. The van der Waals surface area contributed by atoms with Gasteiger partial charge in [-0.05, 0) is 30.9 Å². The molecule has 0 saturated carbocycles. The minimum atomic E-state index is -0.139. The van der Waals surface area contributed by atoms with Crippen molar-refractivity contribution in [1.29, 1.82) is 0 Å². The Morgan fingerprint density at radius 1 is 1.20 bits per heavy atom. The summed E-state index contributed by atoms with van der Waals surface area (Å²) in [6.45, 7) is 2.31.